The van der Waals surface area contributed by atoms with Crippen molar-refractivity contribution in [2.45, 2.75) is 51.6 Å². The van der Waals surface area contributed by atoms with Crippen LogP contribution in [0.3, 0.4) is 0 Å². The van der Waals surface area contributed by atoms with E-state index in [0.717, 1.165) is 31.1 Å². The van der Waals surface area contributed by atoms with Gasteiger partial charge in [-0.1, -0.05) is 19.8 Å². The van der Waals surface area contributed by atoms with Gasteiger partial charge in [0.2, 0.25) is 0 Å². The molecule has 2 aliphatic rings. The first-order valence-electron chi connectivity index (χ1n) is 6.32. The molecule has 1 aliphatic carbocycles. The molecule has 0 aromatic carbocycles. The molecular weight excluding hydrogens is 188 g/mol. The Bertz CT molecular complexity index is 235. The highest BCUT2D eigenvalue weighted by atomic mass is 16.5. The van der Waals surface area contributed by atoms with Crippen molar-refractivity contribution in [1.29, 1.82) is 0 Å². The van der Waals surface area contributed by atoms with Crippen LogP contribution < -0.4 is 0 Å². The number of allylic oxidation sites excluding steroid dienone is 1. The van der Waals surface area contributed by atoms with E-state index in [4.69, 9.17) is 4.74 Å². The van der Waals surface area contributed by atoms with Gasteiger partial charge >= 0.3 is 0 Å². The second kappa shape index (κ2) is 5.02. The molecular formula is C13H22O2. The minimum absolute atomic E-state index is 0.332. The molecule has 1 saturated carbocycles. The summed E-state index contributed by atoms with van der Waals surface area (Å²) in [6, 6.07) is 0. The molecule has 1 fully saturated rings. The minimum atomic E-state index is -0.332. The smallest absolute Gasteiger partial charge is 0.121 e. The molecule has 0 spiro atoms. The van der Waals surface area contributed by atoms with E-state index in [9.17, 15) is 5.11 Å². The van der Waals surface area contributed by atoms with Crippen molar-refractivity contribution >= 4 is 0 Å². The predicted octanol–water partition coefficient (Wildman–Crippen LogP) is 2.87. The van der Waals surface area contributed by atoms with Crippen LogP contribution in [0.15, 0.2) is 11.8 Å². The van der Waals surface area contributed by atoms with Gasteiger partial charge in [0.25, 0.3) is 0 Å². The molecule has 1 aliphatic heterocycles. The van der Waals surface area contributed by atoms with Gasteiger partial charge in [0.05, 0.1) is 6.61 Å². The Morgan fingerprint density at radius 1 is 1.53 bits per heavy atom. The van der Waals surface area contributed by atoms with E-state index in [1.54, 1.807) is 0 Å². The van der Waals surface area contributed by atoms with E-state index in [1.807, 2.05) is 0 Å². The van der Waals surface area contributed by atoms with Crippen LogP contribution in [-0.4, -0.2) is 17.8 Å². The first kappa shape index (κ1) is 11.0. The average molecular weight is 210 g/mol. The SMILES string of the molecule is CCC1CCC(C(O)C2=CCCCO2)C1. The highest BCUT2D eigenvalue weighted by molar-refractivity contribution is 5.05. The summed E-state index contributed by atoms with van der Waals surface area (Å²) in [7, 11) is 0. The van der Waals surface area contributed by atoms with Crippen molar-refractivity contribution in [2.75, 3.05) is 6.61 Å². The summed E-state index contributed by atoms with van der Waals surface area (Å²) in [4.78, 5) is 0. The number of rotatable bonds is 3. The van der Waals surface area contributed by atoms with Crippen molar-refractivity contribution in [3.8, 4) is 0 Å². The number of ether oxygens (including phenoxy) is 1. The lowest BCUT2D eigenvalue weighted by Crippen LogP contribution is -2.24. The number of hydrogen-bond donors (Lipinski definition) is 1. The summed E-state index contributed by atoms with van der Waals surface area (Å²) in [6.45, 7) is 3.03. The summed E-state index contributed by atoms with van der Waals surface area (Å²) in [5, 5.41) is 10.2. The quantitative estimate of drug-likeness (QED) is 0.776. The van der Waals surface area contributed by atoms with Gasteiger partial charge in [-0.2, -0.15) is 0 Å². The Labute approximate surface area is 92.3 Å². The zero-order valence-electron chi connectivity index (χ0n) is 9.61. The number of aliphatic hydroxyl groups is 1. The highest BCUT2D eigenvalue weighted by Gasteiger charge is 2.31. The van der Waals surface area contributed by atoms with Crippen LogP contribution in [0.5, 0.6) is 0 Å². The molecule has 3 atom stereocenters. The summed E-state index contributed by atoms with van der Waals surface area (Å²) in [6.07, 6.45) is 8.79. The van der Waals surface area contributed by atoms with Gasteiger partial charge in [0, 0.05) is 0 Å². The second-order valence-electron chi connectivity index (χ2n) is 4.89. The molecule has 0 radical (unpaired) electrons. The molecule has 2 nitrogen and oxygen atoms in total. The lowest BCUT2D eigenvalue weighted by molar-refractivity contribution is 0.0555. The van der Waals surface area contributed by atoms with Gasteiger partial charge in [-0.05, 0) is 43.6 Å². The van der Waals surface area contributed by atoms with Gasteiger partial charge in [0.15, 0.2) is 0 Å². The third-order valence-corrected chi connectivity index (χ3v) is 3.86. The van der Waals surface area contributed by atoms with Crippen molar-refractivity contribution in [2.24, 2.45) is 11.8 Å². The number of hydrogen-bond acceptors (Lipinski definition) is 2. The summed E-state index contributed by atoms with van der Waals surface area (Å²) in [5.41, 5.74) is 0. The molecule has 15 heavy (non-hydrogen) atoms. The molecule has 0 aromatic rings. The molecule has 0 aromatic heterocycles. The highest BCUT2D eigenvalue weighted by Crippen LogP contribution is 2.37. The van der Waals surface area contributed by atoms with Crippen LogP contribution in [0.25, 0.3) is 0 Å². The normalized spacial score (nSPS) is 33.3. The van der Waals surface area contributed by atoms with E-state index in [0.29, 0.717) is 5.92 Å². The Balaban J connectivity index is 1.90. The molecule has 86 valence electrons. The molecule has 3 unspecified atom stereocenters. The molecule has 1 heterocycles. The van der Waals surface area contributed by atoms with Crippen LogP contribution in [0, 0.1) is 11.8 Å². The van der Waals surface area contributed by atoms with Crippen LogP contribution in [0.2, 0.25) is 0 Å². The summed E-state index contributed by atoms with van der Waals surface area (Å²) in [5.74, 6) is 2.12. The first-order chi connectivity index (χ1) is 7.31. The lowest BCUT2D eigenvalue weighted by Gasteiger charge is -2.24. The van der Waals surface area contributed by atoms with E-state index in [1.165, 1.54) is 25.7 Å². The van der Waals surface area contributed by atoms with Crippen molar-refractivity contribution < 1.29 is 9.84 Å². The molecule has 2 heteroatoms. The molecule has 0 bridgehead atoms. The van der Waals surface area contributed by atoms with Gasteiger partial charge in [-0.25, -0.2) is 0 Å². The van der Waals surface area contributed by atoms with Crippen molar-refractivity contribution in [3.05, 3.63) is 11.8 Å². The first-order valence-corrected chi connectivity index (χ1v) is 6.32. The summed E-state index contributed by atoms with van der Waals surface area (Å²) >= 11 is 0. The molecule has 0 saturated heterocycles. The third-order valence-electron chi connectivity index (χ3n) is 3.86. The Morgan fingerprint density at radius 3 is 3.00 bits per heavy atom. The molecule has 2 rings (SSSR count). The molecule has 0 amide bonds. The summed E-state index contributed by atoms with van der Waals surface area (Å²) < 4.78 is 5.53. The van der Waals surface area contributed by atoms with Crippen molar-refractivity contribution in [1.82, 2.24) is 0 Å². The molecule has 1 N–H and O–H groups in total. The van der Waals surface area contributed by atoms with Gasteiger partial charge in [-0.15, -0.1) is 0 Å². The van der Waals surface area contributed by atoms with Crippen LogP contribution >= 0.6 is 0 Å². The Hall–Kier alpha value is -0.500. The monoisotopic (exact) mass is 210 g/mol. The standard InChI is InChI=1S/C13H22O2/c1-2-10-6-7-11(9-10)13(14)12-5-3-4-8-15-12/h5,10-11,13-14H,2-4,6-9H2,1H3. The van der Waals surface area contributed by atoms with Crippen LogP contribution in [0.1, 0.15) is 45.4 Å². The minimum Gasteiger partial charge on any atom is -0.495 e. The van der Waals surface area contributed by atoms with Gasteiger partial charge < -0.3 is 9.84 Å². The third kappa shape index (κ3) is 2.54. The largest absolute Gasteiger partial charge is 0.495 e. The van der Waals surface area contributed by atoms with E-state index in [2.05, 4.69) is 13.0 Å². The second-order valence-corrected chi connectivity index (χ2v) is 4.89. The maximum Gasteiger partial charge on any atom is 0.121 e. The van der Waals surface area contributed by atoms with Crippen LogP contribution in [-0.2, 0) is 4.74 Å². The van der Waals surface area contributed by atoms with E-state index >= 15 is 0 Å². The zero-order valence-corrected chi connectivity index (χ0v) is 9.61. The maximum absolute atomic E-state index is 10.2. The maximum atomic E-state index is 10.2. The van der Waals surface area contributed by atoms with Crippen molar-refractivity contribution in [3.63, 3.8) is 0 Å². The van der Waals surface area contributed by atoms with Gasteiger partial charge in [0.1, 0.15) is 11.9 Å². The fraction of sp³-hybridized carbons (Fsp3) is 0.846. The lowest BCUT2D eigenvalue weighted by atomic mass is 9.95. The Morgan fingerprint density at radius 2 is 2.40 bits per heavy atom. The number of aliphatic hydroxyl groups excluding tert-OH is 1. The topological polar surface area (TPSA) is 29.5 Å². The average Bonchev–Trinajstić information content (AvgIpc) is 2.78. The van der Waals surface area contributed by atoms with E-state index in [-0.39, 0.29) is 6.10 Å². The fourth-order valence-corrected chi connectivity index (χ4v) is 2.79. The van der Waals surface area contributed by atoms with Crippen LogP contribution in [0.4, 0.5) is 0 Å². The van der Waals surface area contributed by atoms with Gasteiger partial charge in [-0.3, -0.25) is 0 Å². The predicted molar refractivity (Wildman–Crippen MR) is 60.4 cm³/mol. The Kier molecular flexibility index (Phi) is 3.68. The fourth-order valence-electron chi connectivity index (χ4n) is 2.79. The zero-order chi connectivity index (χ0) is 10.7. The van der Waals surface area contributed by atoms with E-state index < -0.39 is 0 Å².